The molecule has 0 unspecified atom stereocenters. The molecule has 0 radical (unpaired) electrons. The van der Waals surface area contributed by atoms with Crippen molar-refractivity contribution < 1.29 is 13.6 Å². The third kappa shape index (κ3) is 3.90. The fourth-order valence-electron chi connectivity index (χ4n) is 3.54. The molecule has 4 rings (SSSR count). The van der Waals surface area contributed by atoms with Crippen LogP contribution in [-0.4, -0.2) is 33.5 Å². The molecule has 3 aromatic rings. The fraction of sp³-hybridized carbons (Fsp3) is 0.300. The summed E-state index contributed by atoms with van der Waals surface area (Å²) < 4.78 is 29.3. The SMILES string of the molecule is N[C@@H]1[C@H](Nc2ccc3ccc(C(=O)Nc4ccccc4Cl)n3n2)CCCC1(F)F. The molecule has 2 aromatic heterocycles. The van der Waals surface area contributed by atoms with Gasteiger partial charge in [0.1, 0.15) is 11.5 Å². The molecule has 1 aromatic carbocycles. The number of anilines is 2. The zero-order chi connectivity index (χ0) is 20.6. The van der Waals surface area contributed by atoms with E-state index in [1.807, 2.05) is 0 Å². The van der Waals surface area contributed by atoms with Crippen LogP contribution >= 0.6 is 11.6 Å². The molecule has 29 heavy (non-hydrogen) atoms. The van der Waals surface area contributed by atoms with Crippen molar-refractivity contribution >= 4 is 34.5 Å². The lowest BCUT2D eigenvalue weighted by Crippen LogP contribution is -2.55. The number of fused-ring (bicyclic) bond motifs is 1. The summed E-state index contributed by atoms with van der Waals surface area (Å²) >= 11 is 6.10. The first-order valence-corrected chi connectivity index (χ1v) is 9.67. The predicted molar refractivity (Wildman–Crippen MR) is 109 cm³/mol. The molecule has 0 bridgehead atoms. The van der Waals surface area contributed by atoms with Gasteiger partial charge in [-0.05, 0) is 49.2 Å². The van der Waals surface area contributed by atoms with Gasteiger partial charge in [-0.25, -0.2) is 13.3 Å². The van der Waals surface area contributed by atoms with Crippen LogP contribution in [0.5, 0.6) is 0 Å². The highest BCUT2D eigenvalue weighted by Gasteiger charge is 2.44. The first-order chi connectivity index (χ1) is 13.8. The smallest absolute Gasteiger partial charge is 0.274 e. The topological polar surface area (TPSA) is 84.4 Å². The number of amides is 1. The van der Waals surface area contributed by atoms with E-state index in [9.17, 15) is 13.6 Å². The van der Waals surface area contributed by atoms with Crippen LogP contribution < -0.4 is 16.4 Å². The normalized spacial score (nSPS) is 21.1. The maximum absolute atomic E-state index is 13.9. The van der Waals surface area contributed by atoms with Gasteiger partial charge in [0.2, 0.25) is 0 Å². The summed E-state index contributed by atoms with van der Waals surface area (Å²) in [5.41, 5.74) is 7.22. The first-order valence-electron chi connectivity index (χ1n) is 9.30. The number of halogens is 3. The Hall–Kier alpha value is -2.71. The van der Waals surface area contributed by atoms with Gasteiger partial charge in [0.05, 0.1) is 22.3 Å². The maximum atomic E-state index is 13.9. The minimum atomic E-state index is -2.91. The number of rotatable bonds is 4. The van der Waals surface area contributed by atoms with Crippen LogP contribution in [0.25, 0.3) is 5.52 Å². The number of benzene rings is 1. The molecule has 0 saturated heterocycles. The predicted octanol–water partition coefficient (Wildman–Crippen LogP) is 4.17. The number of carbonyl (C=O) groups excluding carboxylic acids is 1. The van der Waals surface area contributed by atoms with Crippen molar-refractivity contribution in [2.45, 2.75) is 37.3 Å². The van der Waals surface area contributed by atoms with Crippen LogP contribution in [0.3, 0.4) is 0 Å². The van der Waals surface area contributed by atoms with Gasteiger partial charge in [-0.15, -0.1) is 5.10 Å². The zero-order valence-corrected chi connectivity index (χ0v) is 16.2. The molecule has 1 fully saturated rings. The van der Waals surface area contributed by atoms with Crippen molar-refractivity contribution in [3.63, 3.8) is 0 Å². The molecule has 4 N–H and O–H groups in total. The van der Waals surface area contributed by atoms with E-state index in [0.29, 0.717) is 40.6 Å². The van der Waals surface area contributed by atoms with E-state index in [1.165, 1.54) is 4.52 Å². The Morgan fingerprint density at radius 1 is 1.21 bits per heavy atom. The summed E-state index contributed by atoms with van der Waals surface area (Å²) in [5, 5.41) is 10.6. The lowest BCUT2D eigenvalue weighted by atomic mass is 9.87. The monoisotopic (exact) mass is 419 g/mol. The summed E-state index contributed by atoms with van der Waals surface area (Å²) in [7, 11) is 0. The van der Waals surface area contributed by atoms with E-state index >= 15 is 0 Å². The summed E-state index contributed by atoms with van der Waals surface area (Å²) in [6.07, 6.45) is 0.709. The van der Waals surface area contributed by atoms with Crippen LogP contribution in [-0.2, 0) is 0 Å². The standard InChI is InChI=1S/C20H20ClF2N5O/c21-13-4-1-2-5-14(13)26-19(29)16-9-7-12-8-10-17(27-28(12)16)25-15-6-3-11-20(22,23)18(15)24/h1-2,4-5,7-10,15,18H,3,6,11,24H2,(H,25,27)(H,26,29)/t15-,18-/m1/s1. The second-order valence-corrected chi connectivity index (χ2v) is 7.54. The second kappa shape index (κ2) is 7.61. The molecule has 1 aliphatic rings. The van der Waals surface area contributed by atoms with Crippen molar-refractivity contribution in [3.8, 4) is 0 Å². The lowest BCUT2D eigenvalue weighted by molar-refractivity contribution is -0.0554. The Morgan fingerprint density at radius 3 is 2.76 bits per heavy atom. The second-order valence-electron chi connectivity index (χ2n) is 7.14. The average Bonchev–Trinajstić information content (AvgIpc) is 3.11. The number of alkyl halides is 2. The number of nitrogens with one attached hydrogen (secondary N) is 2. The van der Waals surface area contributed by atoms with Crippen LogP contribution in [0.15, 0.2) is 48.5 Å². The molecule has 2 heterocycles. The van der Waals surface area contributed by atoms with Gasteiger partial charge >= 0.3 is 0 Å². The highest BCUT2D eigenvalue weighted by atomic mass is 35.5. The summed E-state index contributed by atoms with van der Waals surface area (Å²) in [4.78, 5) is 12.7. The number of aromatic nitrogens is 2. The Labute approximate surface area is 171 Å². The minimum Gasteiger partial charge on any atom is -0.364 e. The van der Waals surface area contributed by atoms with Crippen molar-refractivity contribution in [1.82, 2.24) is 9.61 Å². The Balaban J connectivity index is 1.58. The number of carbonyl (C=O) groups is 1. The minimum absolute atomic E-state index is 0.206. The highest BCUT2D eigenvalue weighted by Crippen LogP contribution is 2.33. The van der Waals surface area contributed by atoms with Crippen LogP contribution in [0.1, 0.15) is 29.8 Å². The quantitative estimate of drug-likeness (QED) is 0.592. The molecule has 0 spiro atoms. The van der Waals surface area contributed by atoms with Gasteiger partial charge in [-0.1, -0.05) is 23.7 Å². The molecule has 0 aliphatic heterocycles. The van der Waals surface area contributed by atoms with Crippen molar-refractivity contribution in [2.75, 3.05) is 10.6 Å². The Bertz CT molecular complexity index is 1050. The largest absolute Gasteiger partial charge is 0.364 e. The Morgan fingerprint density at radius 2 is 1.97 bits per heavy atom. The fourth-order valence-corrected chi connectivity index (χ4v) is 3.72. The number of nitrogens with zero attached hydrogens (tertiary/aromatic N) is 2. The van der Waals surface area contributed by atoms with Gasteiger partial charge < -0.3 is 16.4 Å². The van der Waals surface area contributed by atoms with E-state index in [1.54, 1.807) is 48.5 Å². The van der Waals surface area contributed by atoms with Crippen LogP contribution in [0.2, 0.25) is 5.02 Å². The van der Waals surface area contributed by atoms with E-state index in [0.717, 1.165) is 0 Å². The molecule has 6 nitrogen and oxygen atoms in total. The average molecular weight is 420 g/mol. The summed E-state index contributed by atoms with van der Waals surface area (Å²) in [5.74, 6) is -2.92. The third-order valence-corrected chi connectivity index (χ3v) is 5.47. The first kappa shape index (κ1) is 19.6. The van der Waals surface area contributed by atoms with Crippen molar-refractivity contribution in [1.29, 1.82) is 0 Å². The molecule has 1 amide bonds. The number of hydrogen-bond acceptors (Lipinski definition) is 4. The molecule has 2 atom stereocenters. The molecule has 1 saturated carbocycles. The third-order valence-electron chi connectivity index (χ3n) is 5.14. The van der Waals surface area contributed by atoms with Gasteiger partial charge in [0.25, 0.3) is 11.8 Å². The number of nitrogens with two attached hydrogens (primary N) is 1. The van der Waals surface area contributed by atoms with Gasteiger partial charge in [-0.2, -0.15) is 0 Å². The number of para-hydroxylation sites is 1. The maximum Gasteiger partial charge on any atom is 0.274 e. The van der Waals surface area contributed by atoms with Crippen LogP contribution in [0.4, 0.5) is 20.3 Å². The zero-order valence-electron chi connectivity index (χ0n) is 15.4. The molecule has 9 heteroatoms. The van der Waals surface area contributed by atoms with Gasteiger partial charge in [0.15, 0.2) is 0 Å². The summed E-state index contributed by atoms with van der Waals surface area (Å²) in [6, 6.07) is 11.8. The number of hydrogen-bond donors (Lipinski definition) is 3. The Kier molecular flexibility index (Phi) is 5.14. The van der Waals surface area contributed by atoms with E-state index in [-0.39, 0.29) is 12.3 Å². The highest BCUT2D eigenvalue weighted by molar-refractivity contribution is 6.33. The van der Waals surface area contributed by atoms with E-state index in [4.69, 9.17) is 17.3 Å². The van der Waals surface area contributed by atoms with E-state index in [2.05, 4.69) is 15.7 Å². The molecule has 152 valence electrons. The molecule has 1 aliphatic carbocycles. The summed E-state index contributed by atoms with van der Waals surface area (Å²) in [6.45, 7) is 0. The van der Waals surface area contributed by atoms with Gasteiger partial charge in [-0.3, -0.25) is 4.79 Å². The van der Waals surface area contributed by atoms with E-state index < -0.39 is 18.0 Å². The van der Waals surface area contributed by atoms with Crippen LogP contribution in [0, 0.1) is 0 Å². The molecular weight excluding hydrogens is 400 g/mol. The van der Waals surface area contributed by atoms with Crippen molar-refractivity contribution in [2.24, 2.45) is 5.73 Å². The lowest BCUT2D eigenvalue weighted by Gasteiger charge is -2.36. The molecular formula is C20H20ClF2N5O. The van der Waals surface area contributed by atoms with Gasteiger partial charge in [0, 0.05) is 12.5 Å². The van der Waals surface area contributed by atoms with Crippen molar-refractivity contribution in [3.05, 3.63) is 59.2 Å².